The Kier molecular flexibility index (Phi) is 4.47. The summed E-state index contributed by atoms with van der Waals surface area (Å²) in [5.41, 5.74) is -0.248. The molecule has 0 atom stereocenters. The van der Waals surface area contributed by atoms with Gasteiger partial charge in [-0.05, 0) is 81.1 Å². The largest absolute Gasteiger partial charge is 0.416 e. The number of anilines is 1. The number of benzene rings is 1. The zero-order chi connectivity index (χ0) is 20.2. The summed E-state index contributed by atoms with van der Waals surface area (Å²) in [6, 6.07) is 2.61. The van der Waals surface area contributed by atoms with Crippen molar-refractivity contribution in [3.63, 3.8) is 0 Å². The minimum atomic E-state index is -4.43. The summed E-state index contributed by atoms with van der Waals surface area (Å²) in [6.07, 6.45) is 2.01. The Morgan fingerprint density at radius 1 is 1.10 bits per heavy atom. The summed E-state index contributed by atoms with van der Waals surface area (Å²) in [5.74, 6) is 0.664. The predicted molar refractivity (Wildman–Crippen MR) is 104 cm³/mol. The lowest BCUT2D eigenvalue weighted by Gasteiger charge is -2.44. The molecule has 3 aliphatic rings. The van der Waals surface area contributed by atoms with Gasteiger partial charge in [-0.1, -0.05) is 0 Å². The molecule has 5 nitrogen and oxygen atoms in total. The summed E-state index contributed by atoms with van der Waals surface area (Å²) in [5, 5.41) is 17.7. The molecular weight excluding hydrogens is 381 g/mol. The number of fused-ring (bicyclic) bond motifs is 1. The molecule has 2 saturated carbocycles. The Morgan fingerprint density at radius 3 is 2.48 bits per heavy atom. The van der Waals surface area contributed by atoms with Crippen molar-refractivity contribution in [2.24, 2.45) is 5.92 Å². The molecule has 156 valence electrons. The lowest BCUT2D eigenvalue weighted by atomic mass is 9.65. The third-order valence-corrected chi connectivity index (χ3v) is 6.69. The maximum atomic E-state index is 13.5. The first-order valence-corrected chi connectivity index (χ1v) is 10.4. The fourth-order valence-corrected chi connectivity index (χ4v) is 4.83. The summed E-state index contributed by atoms with van der Waals surface area (Å²) >= 11 is 0. The van der Waals surface area contributed by atoms with Gasteiger partial charge in [-0.25, -0.2) is 9.97 Å². The molecule has 1 aliphatic heterocycles. The molecule has 1 aromatic heterocycles. The van der Waals surface area contributed by atoms with E-state index >= 15 is 0 Å². The van der Waals surface area contributed by atoms with Gasteiger partial charge in [0.25, 0.3) is 0 Å². The second-order valence-corrected chi connectivity index (χ2v) is 8.85. The molecule has 0 bridgehead atoms. The number of aromatic nitrogens is 2. The van der Waals surface area contributed by atoms with E-state index in [4.69, 9.17) is 0 Å². The van der Waals surface area contributed by atoms with Crippen LogP contribution in [0.3, 0.4) is 0 Å². The normalized spacial score (nSPS) is 28.3. The van der Waals surface area contributed by atoms with Crippen molar-refractivity contribution in [2.75, 3.05) is 18.4 Å². The van der Waals surface area contributed by atoms with E-state index in [0.29, 0.717) is 41.2 Å². The van der Waals surface area contributed by atoms with E-state index in [1.54, 1.807) is 0 Å². The third-order valence-electron chi connectivity index (χ3n) is 6.69. The van der Waals surface area contributed by atoms with Gasteiger partial charge in [0.15, 0.2) is 0 Å². The highest BCUT2D eigenvalue weighted by atomic mass is 19.4. The van der Waals surface area contributed by atoms with Gasteiger partial charge in [-0.2, -0.15) is 13.2 Å². The average Bonchev–Trinajstić information content (AvgIpc) is 3.50. The molecule has 1 aromatic carbocycles. The van der Waals surface area contributed by atoms with Crippen LogP contribution in [0.15, 0.2) is 18.3 Å². The average molecular weight is 406 g/mol. The highest BCUT2D eigenvalue weighted by Gasteiger charge is 2.53. The van der Waals surface area contributed by atoms with Gasteiger partial charge >= 0.3 is 6.18 Å². The molecule has 5 rings (SSSR count). The van der Waals surface area contributed by atoms with Crippen LogP contribution < -0.4 is 10.6 Å². The van der Waals surface area contributed by atoms with Gasteiger partial charge in [0.2, 0.25) is 5.95 Å². The number of nitrogens with one attached hydrogen (secondary N) is 2. The molecular formula is C21H25F3N4O. The van der Waals surface area contributed by atoms with Crippen molar-refractivity contribution in [3.05, 3.63) is 29.5 Å². The topological polar surface area (TPSA) is 70.1 Å². The van der Waals surface area contributed by atoms with E-state index in [1.807, 2.05) is 0 Å². The molecule has 0 unspecified atom stereocenters. The Bertz CT molecular complexity index is 916. The molecule has 1 saturated heterocycles. The van der Waals surface area contributed by atoms with Crippen molar-refractivity contribution >= 4 is 16.9 Å². The van der Waals surface area contributed by atoms with Crippen molar-refractivity contribution in [1.82, 2.24) is 15.3 Å². The predicted octanol–water partition coefficient (Wildman–Crippen LogP) is 3.83. The van der Waals surface area contributed by atoms with Crippen LogP contribution >= 0.6 is 0 Å². The first kappa shape index (κ1) is 19.1. The van der Waals surface area contributed by atoms with Crippen LogP contribution in [0.25, 0.3) is 10.9 Å². The first-order chi connectivity index (χ1) is 13.8. The Labute approximate surface area is 167 Å². The summed E-state index contributed by atoms with van der Waals surface area (Å²) < 4.78 is 40.4. The van der Waals surface area contributed by atoms with Crippen LogP contribution in [0, 0.1) is 5.92 Å². The highest BCUT2D eigenvalue weighted by molar-refractivity contribution is 5.84. The number of halogens is 3. The fraction of sp³-hybridized carbons (Fsp3) is 0.619. The standard InChI is InChI=1S/C21H25F3N4O/c22-21(23,24)15-7-12-11-26-19(27-16-3-5-25-6-4-16)28-18(12)17(8-15)13-9-20(29,10-13)14-1-2-14/h7-8,11,13-14,16,25,29H,1-6,9-10H2,(H,26,27,28). The molecule has 2 heterocycles. The minimum absolute atomic E-state index is 0.105. The van der Waals surface area contributed by atoms with Gasteiger partial charge in [0, 0.05) is 17.6 Å². The van der Waals surface area contributed by atoms with Gasteiger partial charge in [0.05, 0.1) is 16.7 Å². The van der Waals surface area contributed by atoms with Crippen molar-refractivity contribution in [1.29, 1.82) is 0 Å². The number of hydrogen-bond donors (Lipinski definition) is 3. The maximum absolute atomic E-state index is 13.5. The zero-order valence-corrected chi connectivity index (χ0v) is 16.1. The van der Waals surface area contributed by atoms with Crippen molar-refractivity contribution in [3.8, 4) is 0 Å². The van der Waals surface area contributed by atoms with Crippen LogP contribution in [-0.2, 0) is 6.18 Å². The van der Waals surface area contributed by atoms with E-state index in [-0.39, 0.29) is 12.0 Å². The Hall–Kier alpha value is -1.93. The lowest BCUT2D eigenvalue weighted by Crippen LogP contribution is -2.44. The van der Waals surface area contributed by atoms with E-state index in [9.17, 15) is 18.3 Å². The van der Waals surface area contributed by atoms with Crippen LogP contribution in [0.1, 0.15) is 55.6 Å². The molecule has 3 fully saturated rings. The number of aliphatic hydroxyl groups is 1. The minimum Gasteiger partial charge on any atom is -0.390 e. The summed E-state index contributed by atoms with van der Waals surface area (Å²) in [4.78, 5) is 8.89. The van der Waals surface area contributed by atoms with Crippen molar-refractivity contribution in [2.45, 2.75) is 62.3 Å². The number of hydrogen-bond acceptors (Lipinski definition) is 5. The first-order valence-electron chi connectivity index (χ1n) is 10.4. The molecule has 0 radical (unpaired) electrons. The number of alkyl halides is 3. The monoisotopic (exact) mass is 406 g/mol. The summed E-state index contributed by atoms with van der Waals surface area (Å²) in [7, 11) is 0. The molecule has 29 heavy (non-hydrogen) atoms. The SMILES string of the molecule is OC1(C2CC2)CC(c2cc(C(F)(F)F)cc3cnc(NC4CCNCC4)nc23)C1. The van der Waals surface area contributed by atoms with Crippen LogP contribution in [0.5, 0.6) is 0 Å². The van der Waals surface area contributed by atoms with E-state index in [2.05, 4.69) is 20.6 Å². The van der Waals surface area contributed by atoms with Crippen molar-refractivity contribution < 1.29 is 18.3 Å². The number of piperidine rings is 1. The van der Waals surface area contributed by atoms with Crippen LogP contribution in [-0.4, -0.2) is 39.8 Å². The lowest BCUT2D eigenvalue weighted by molar-refractivity contribution is -0.137. The number of rotatable bonds is 4. The third kappa shape index (κ3) is 3.68. The van der Waals surface area contributed by atoms with Gasteiger partial charge in [0.1, 0.15) is 0 Å². The van der Waals surface area contributed by atoms with Crippen LogP contribution in [0.2, 0.25) is 0 Å². The molecule has 0 spiro atoms. The number of nitrogens with zero attached hydrogens (tertiary/aromatic N) is 2. The van der Waals surface area contributed by atoms with Crippen LogP contribution in [0.4, 0.5) is 19.1 Å². The van der Waals surface area contributed by atoms with Gasteiger partial charge < -0.3 is 15.7 Å². The molecule has 2 aliphatic carbocycles. The quantitative estimate of drug-likeness (QED) is 0.720. The van der Waals surface area contributed by atoms with Gasteiger partial charge in [-0.15, -0.1) is 0 Å². The second kappa shape index (κ2) is 6.80. The molecule has 2 aromatic rings. The molecule has 3 N–H and O–H groups in total. The maximum Gasteiger partial charge on any atom is 0.416 e. The molecule has 8 heteroatoms. The van der Waals surface area contributed by atoms with E-state index < -0.39 is 17.3 Å². The molecule has 0 amide bonds. The zero-order valence-electron chi connectivity index (χ0n) is 16.1. The smallest absolute Gasteiger partial charge is 0.390 e. The summed E-state index contributed by atoms with van der Waals surface area (Å²) in [6.45, 7) is 1.85. The van der Waals surface area contributed by atoms with Gasteiger partial charge in [-0.3, -0.25) is 0 Å². The Morgan fingerprint density at radius 2 is 1.83 bits per heavy atom. The highest BCUT2D eigenvalue weighted by Crippen LogP contribution is 2.57. The van der Waals surface area contributed by atoms with E-state index in [1.165, 1.54) is 12.3 Å². The van der Waals surface area contributed by atoms with E-state index in [0.717, 1.165) is 44.8 Å². The second-order valence-electron chi connectivity index (χ2n) is 8.85. The Balaban J connectivity index is 1.49. The fourth-order valence-electron chi connectivity index (χ4n) is 4.83.